The number of aromatic nitrogens is 2. The van der Waals surface area contributed by atoms with Crippen LogP contribution in [0.3, 0.4) is 0 Å². The lowest BCUT2D eigenvalue weighted by atomic mass is 9.95. The first-order valence-electron chi connectivity index (χ1n) is 11.0. The van der Waals surface area contributed by atoms with Gasteiger partial charge in [0.25, 0.3) is 0 Å². The summed E-state index contributed by atoms with van der Waals surface area (Å²) in [6.07, 6.45) is 2.10. The van der Waals surface area contributed by atoms with Crippen LogP contribution in [0.1, 0.15) is 38.3 Å². The van der Waals surface area contributed by atoms with Crippen molar-refractivity contribution in [2.45, 2.75) is 32.7 Å². The zero-order valence-corrected chi connectivity index (χ0v) is 18.8. The molecule has 7 nitrogen and oxygen atoms in total. The molecule has 0 aliphatic carbocycles. The summed E-state index contributed by atoms with van der Waals surface area (Å²) >= 11 is 0. The third-order valence-corrected chi connectivity index (χ3v) is 5.53. The fraction of sp³-hybridized carbons (Fsp3) is 0.360. The number of allylic oxidation sites excluding steroid dienone is 1. The minimum atomic E-state index is -0.376. The Bertz CT molecular complexity index is 1120. The molecule has 32 heavy (non-hydrogen) atoms. The smallest absolute Gasteiger partial charge is 0.338 e. The normalized spacial score (nSPS) is 15.4. The van der Waals surface area contributed by atoms with Crippen molar-refractivity contribution in [1.82, 2.24) is 9.55 Å². The second kappa shape index (κ2) is 9.87. The average Bonchev–Trinajstić information content (AvgIpc) is 3.17. The Morgan fingerprint density at radius 3 is 2.62 bits per heavy atom. The van der Waals surface area contributed by atoms with E-state index in [1.54, 1.807) is 7.11 Å². The highest BCUT2D eigenvalue weighted by molar-refractivity contribution is 5.94. The molecule has 4 rings (SSSR count). The predicted octanol–water partition coefficient (Wildman–Crippen LogP) is 4.69. The van der Waals surface area contributed by atoms with Gasteiger partial charge in [-0.3, -0.25) is 4.57 Å². The van der Waals surface area contributed by atoms with E-state index in [1.807, 2.05) is 55.5 Å². The van der Waals surface area contributed by atoms with Crippen LogP contribution in [-0.2, 0) is 14.3 Å². The summed E-state index contributed by atoms with van der Waals surface area (Å²) in [5.74, 6) is 1.14. The summed E-state index contributed by atoms with van der Waals surface area (Å²) in [6, 6.07) is 15.5. The van der Waals surface area contributed by atoms with Crippen molar-refractivity contribution in [3.8, 4) is 5.75 Å². The maximum absolute atomic E-state index is 13.1. The lowest BCUT2D eigenvalue weighted by Crippen LogP contribution is -2.29. The van der Waals surface area contributed by atoms with Crippen molar-refractivity contribution in [2.24, 2.45) is 0 Å². The van der Waals surface area contributed by atoms with E-state index < -0.39 is 0 Å². The molecule has 3 aromatic rings. The van der Waals surface area contributed by atoms with E-state index in [2.05, 4.69) is 16.8 Å². The van der Waals surface area contributed by atoms with E-state index >= 15 is 0 Å². The Labute approximate surface area is 188 Å². The number of methoxy groups -OCH3 is 1. The van der Waals surface area contributed by atoms with E-state index in [9.17, 15) is 4.79 Å². The molecule has 1 aromatic heterocycles. The molecule has 1 unspecified atom stereocenters. The molecule has 1 aliphatic rings. The first-order valence-corrected chi connectivity index (χ1v) is 11.0. The van der Waals surface area contributed by atoms with Crippen LogP contribution in [0.2, 0.25) is 0 Å². The van der Waals surface area contributed by atoms with Crippen LogP contribution in [0.25, 0.3) is 11.0 Å². The van der Waals surface area contributed by atoms with Crippen molar-refractivity contribution in [3.05, 3.63) is 65.4 Å². The van der Waals surface area contributed by atoms with Gasteiger partial charge < -0.3 is 19.5 Å². The molecule has 0 saturated heterocycles. The zero-order valence-electron chi connectivity index (χ0n) is 18.8. The number of ether oxygens (including phenoxy) is 3. The van der Waals surface area contributed by atoms with E-state index in [4.69, 9.17) is 19.2 Å². The minimum absolute atomic E-state index is 0.195. The quantitative estimate of drug-likeness (QED) is 0.388. The molecule has 1 atom stereocenters. The first-order chi connectivity index (χ1) is 15.6. The Hall–Kier alpha value is -3.32. The Morgan fingerprint density at radius 1 is 1.09 bits per heavy atom. The molecule has 7 heteroatoms. The van der Waals surface area contributed by atoms with Crippen molar-refractivity contribution in [2.75, 3.05) is 32.2 Å². The molecule has 2 aromatic carbocycles. The van der Waals surface area contributed by atoms with Gasteiger partial charge in [-0.2, -0.15) is 0 Å². The number of hydrogen-bond acceptors (Lipinski definition) is 6. The molecular weight excluding hydrogens is 406 g/mol. The molecule has 1 aliphatic heterocycles. The van der Waals surface area contributed by atoms with Crippen LogP contribution in [-0.4, -0.2) is 42.5 Å². The highest BCUT2D eigenvalue weighted by Crippen LogP contribution is 2.39. The second-order valence-electron chi connectivity index (χ2n) is 7.76. The van der Waals surface area contributed by atoms with E-state index in [0.29, 0.717) is 24.7 Å². The van der Waals surface area contributed by atoms with Crippen LogP contribution >= 0.6 is 0 Å². The number of esters is 1. The van der Waals surface area contributed by atoms with Gasteiger partial charge in [0.05, 0.1) is 35.9 Å². The van der Waals surface area contributed by atoms with Gasteiger partial charge in [0.15, 0.2) is 0 Å². The molecule has 0 radical (unpaired) electrons. The standard InChI is InChI=1S/C25H29N3O4/c1-4-5-14-31-19-12-10-18(11-13-19)23-22(24(29)32-16-15-30-3)17(2)26-25-27-20-8-6-7-9-21(20)28(23)25/h6-13,23H,4-5,14-16H2,1-3H3,(H,26,27). The number of para-hydroxylation sites is 2. The summed E-state index contributed by atoms with van der Waals surface area (Å²) in [7, 11) is 1.58. The summed E-state index contributed by atoms with van der Waals surface area (Å²) in [4.78, 5) is 17.9. The minimum Gasteiger partial charge on any atom is -0.494 e. The van der Waals surface area contributed by atoms with Gasteiger partial charge in [0, 0.05) is 12.8 Å². The summed E-state index contributed by atoms with van der Waals surface area (Å²) in [6.45, 7) is 5.25. The number of nitrogens with one attached hydrogen (secondary N) is 1. The van der Waals surface area contributed by atoms with Crippen molar-refractivity contribution in [3.63, 3.8) is 0 Å². The van der Waals surface area contributed by atoms with Gasteiger partial charge in [-0.05, 0) is 43.2 Å². The number of anilines is 1. The highest BCUT2D eigenvalue weighted by atomic mass is 16.6. The number of carbonyl (C=O) groups is 1. The third kappa shape index (κ3) is 4.34. The number of unbranched alkanes of at least 4 members (excludes halogenated alkanes) is 1. The number of fused-ring (bicyclic) bond motifs is 3. The fourth-order valence-electron chi connectivity index (χ4n) is 3.92. The van der Waals surface area contributed by atoms with E-state index in [-0.39, 0.29) is 18.6 Å². The molecule has 0 fully saturated rings. The van der Waals surface area contributed by atoms with E-state index in [0.717, 1.165) is 40.9 Å². The number of hydrogen-bond donors (Lipinski definition) is 1. The van der Waals surface area contributed by atoms with Gasteiger partial charge >= 0.3 is 5.97 Å². The fourth-order valence-corrected chi connectivity index (χ4v) is 3.92. The molecule has 0 amide bonds. The molecule has 1 N–H and O–H groups in total. The molecule has 0 bridgehead atoms. The first kappa shape index (κ1) is 21.9. The Balaban J connectivity index is 1.75. The summed E-state index contributed by atoms with van der Waals surface area (Å²) in [5.41, 5.74) is 4.04. The van der Waals surface area contributed by atoms with Gasteiger partial charge in [-0.15, -0.1) is 0 Å². The number of imidazole rings is 1. The summed E-state index contributed by atoms with van der Waals surface area (Å²) < 4.78 is 18.4. The molecule has 0 saturated carbocycles. The number of nitrogens with zero attached hydrogens (tertiary/aromatic N) is 2. The van der Waals surface area contributed by atoms with Crippen molar-refractivity contribution in [1.29, 1.82) is 0 Å². The van der Waals surface area contributed by atoms with Gasteiger partial charge in [-0.25, -0.2) is 9.78 Å². The summed E-state index contributed by atoms with van der Waals surface area (Å²) in [5, 5.41) is 3.29. The Kier molecular flexibility index (Phi) is 6.75. The lowest BCUT2D eigenvalue weighted by Gasteiger charge is -2.30. The van der Waals surface area contributed by atoms with Crippen molar-refractivity contribution >= 4 is 23.0 Å². The van der Waals surface area contributed by atoms with Crippen molar-refractivity contribution < 1.29 is 19.0 Å². The molecular formula is C25H29N3O4. The Morgan fingerprint density at radius 2 is 1.88 bits per heavy atom. The molecule has 0 spiro atoms. The average molecular weight is 436 g/mol. The maximum Gasteiger partial charge on any atom is 0.338 e. The van der Waals surface area contributed by atoms with Crippen LogP contribution < -0.4 is 10.1 Å². The van der Waals surface area contributed by atoms with Crippen LogP contribution in [0.15, 0.2) is 59.8 Å². The van der Waals surface area contributed by atoms with Gasteiger partial charge in [-0.1, -0.05) is 37.6 Å². The monoisotopic (exact) mass is 435 g/mol. The van der Waals surface area contributed by atoms with Crippen LogP contribution in [0.5, 0.6) is 5.75 Å². The molecule has 168 valence electrons. The predicted molar refractivity (Wildman–Crippen MR) is 124 cm³/mol. The highest BCUT2D eigenvalue weighted by Gasteiger charge is 2.35. The van der Waals surface area contributed by atoms with E-state index in [1.165, 1.54) is 0 Å². The van der Waals surface area contributed by atoms with Gasteiger partial charge in [0.2, 0.25) is 5.95 Å². The van der Waals surface area contributed by atoms with Gasteiger partial charge in [0.1, 0.15) is 12.4 Å². The number of carbonyl (C=O) groups excluding carboxylic acids is 1. The maximum atomic E-state index is 13.1. The SMILES string of the molecule is CCCCOc1ccc(C2C(C(=O)OCCOC)=C(C)Nc3nc4ccccc4n32)cc1. The molecule has 2 heterocycles. The van der Waals surface area contributed by atoms with Crippen LogP contribution in [0.4, 0.5) is 5.95 Å². The van der Waals surface area contributed by atoms with Crippen LogP contribution in [0, 0.1) is 0 Å². The lowest BCUT2D eigenvalue weighted by molar-refractivity contribution is -0.140. The number of benzene rings is 2. The zero-order chi connectivity index (χ0) is 22.5. The number of rotatable bonds is 9. The third-order valence-electron chi connectivity index (χ3n) is 5.53. The topological polar surface area (TPSA) is 74.6 Å². The second-order valence-corrected chi connectivity index (χ2v) is 7.76. The largest absolute Gasteiger partial charge is 0.494 e.